The van der Waals surface area contributed by atoms with Gasteiger partial charge < -0.3 is 10.1 Å². The summed E-state index contributed by atoms with van der Waals surface area (Å²) in [6.07, 6.45) is 2.51. The lowest BCUT2D eigenvalue weighted by molar-refractivity contribution is 0.160. The highest BCUT2D eigenvalue weighted by Crippen LogP contribution is 2.31. The van der Waals surface area contributed by atoms with Crippen LogP contribution in [-0.2, 0) is 0 Å². The Kier molecular flexibility index (Phi) is 5.75. The van der Waals surface area contributed by atoms with Crippen LogP contribution in [0.5, 0.6) is 5.75 Å². The zero-order valence-corrected chi connectivity index (χ0v) is 15.2. The largest absolute Gasteiger partial charge is 0.497 e. The Morgan fingerprint density at radius 1 is 1.00 bits per heavy atom. The van der Waals surface area contributed by atoms with Gasteiger partial charge in [0.2, 0.25) is 0 Å². The molecule has 0 radical (unpaired) electrons. The molecule has 2 aromatic rings. The van der Waals surface area contributed by atoms with E-state index in [1.165, 1.54) is 29.2 Å². The molecule has 0 amide bonds. The number of nitrogens with zero attached hydrogens (tertiary/aromatic N) is 1. The summed E-state index contributed by atoms with van der Waals surface area (Å²) in [6.45, 7) is 9.13. The molecule has 3 nitrogen and oxygen atoms in total. The van der Waals surface area contributed by atoms with Gasteiger partial charge in [0.05, 0.1) is 7.11 Å². The highest BCUT2D eigenvalue weighted by molar-refractivity contribution is 5.84. The minimum atomic E-state index is 0.529. The molecular weight excluding hydrogens is 296 g/mol. The number of benzene rings is 2. The Hall–Kier alpha value is -1.58. The highest BCUT2D eigenvalue weighted by Gasteiger charge is 2.22. The Morgan fingerprint density at radius 2 is 1.71 bits per heavy atom. The second-order valence-electron chi connectivity index (χ2n) is 7.25. The van der Waals surface area contributed by atoms with E-state index in [1.807, 2.05) is 0 Å². The minimum absolute atomic E-state index is 0.529. The van der Waals surface area contributed by atoms with Gasteiger partial charge in [-0.05, 0) is 53.3 Å². The Morgan fingerprint density at radius 3 is 2.42 bits per heavy atom. The summed E-state index contributed by atoms with van der Waals surface area (Å²) in [4.78, 5) is 2.66. The number of nitrogens with one attached hydrogen (secondary N) is 1. The van der Waals surface area contributed by atoms with Crippen LogP contribution < -0.4 is 10.1 Å². The summed E-state index contributed by atoms with van der Waals surface area (Å²) >= 11 is 0. The van der Waals surface area contributed by atoms with Crippen molar-refractivity contribution in [2.75, 3.05) is 33.3 Å². The van der Waals surface area contributed by atoms with Gasteiger partial charge in [0.15, 0.2) is 0 Å². The molecule has 1 saturated heterocycles. The standard InChI is InChI=1S/C21H30N2O/c1-16(2)4-9-21(23-12-10-22-11-13-23)19-6-5-18-15-20(24-3)8-7-17(18)14-19/h5-8,14-16,21-22H,4,9-13H2,1-3H3/t21-/m0/s1. The summed E-state index contributed by atoms with van der Waals surface area (Å²) < 4.78 is 5.34. The molecule has 1 aliphatic rings. The molecule has 0 bridgehead atoms. The maximum atomic E-state index is 5.34. The molecule has 1 N–H and O–H groups in total. The first-order valence-electron chi connectivity index (χ1n) is 9.20. The zero-order valence-electron chi connectivity index (χ0n) is 15.2. The van der Waals surface area contributed by atoms with Crippen molar-refractivity contribution in [1.82, 2.24) is 10.2 Å². The summed E-state index contributed by atoms with van der Waals surface area (Å²) in [5.74, 6) is 1.67. The lowest BCUT2D eigenvalue weighted by Crippen LogP contribution is -2.45. The van der Waals surface area contributed by atoms with E-state index < -0.39 is 0 Å². The lowest BCUT2D eigenvalue weighted by atomic mass is 9.94. The first-order valence-corrected chi connectivity index (χ1v) is 9.20. The van der Waals surface area contributed by atoms with Crippen LogP contribution in [0, 0.1) is 5.92 Å². The Labute approximate surface area is 146 Å². The normalized spacial score (nSPS) is 17.3. The Balaban J connectivity index is 1.88. The molecule has 1 heterocycles. The molecule has 24 heavy (non-hydrogen) atoms. The fraction of sp³-hybridized carbons (Fsp3) is 0.524. The van der Waals surface area contributed by atoms with Crippen molar-refractivity contribution in [2.45, 2.75) is 32.7 Å². The average Bonchev–Trinajstić information content (AvgIpc) is 2.62. The molecule has 1 atom stereocenters. The number of ether oxygens (including phenoxy) is 1. The molecule has 1 aliphatic heterocycles. The maximum absolute atomic E-state index is 5.34. The fourth-order valence-electron chi connectivity index (χ4n) is 3.62. The van der Waals surface area contributed by atoms with Crippen LogP contribution >= 0.6 is 0 Å². The highest BCUT2D eigenvalue weighted by atomic mass is 16.5. The topological polar surface area (TPSA) is 24.5 Å². The molecule has 3 rings (SSSR count). The van der Waals surface area contributed by atoms with Crippen molar-refractivity contribution in [3.05, 3.63) is 42.0 Å². The van der Waals surface area contributed by atoms with Crippen LogP contribution in [0.3, 0.4) is 0 Å². The van der Waals surface area contributed by atoms with Crippen LogP contribution in [0.4, 0.5) is 0 Å². The van der Waals surface area contributed by atoms with E-state index in [9.17, 15) is 0 Å². The predicted octanol–water partition coefficient (Wildman–Crippen LogP) is 4.23. The number of hydrogen-bond acceptors (Lipinski definition) is 3. The molecule has 0 aromatic heterocycles. The van der Waals surface area contributed by atoms with Crippen LogP contribution in [0.1, 0.15) is 38.3 Å². The summed E-state index contributed by atoms with van der Waals surface area (Å²) in [5.41, 5.74) is 1.45. The van der Waals surface area contributed by atoms with Gasteiger partial charge in [-0.2, -0.15) is 0 Å². The van der Waals surface area contributed by atoms with Gasteiger partial charge in [-0.3, -0.25) is 4.90 Å². The number of methoxy groups -OCH3 is 1. The lowest BCUT2D eigenvalue weighted by Gasteiger charge is -2.36. The SMILES string of the molecule is COc1ccc2cc([C@H](CCC(C)C)N3CCNCC3)ccc2c1. The molecular formula is C21H30N2O. The number of fused-ring (bicyclic) bond motifs is 1. The predicted molar refractivity (Wildman–Crippen MR) is 102 cm³/mol. The van der Waals surface area contributed by atoms with Gasteiger partial charge >= 0.3 is 0 Å². The zero-order chi connectivity index (χ0) is 16.9. The van der Waals surface area contributed by atoms with Crippen LogP contribution in [0.2, 0.25) is 0 Å². The molecule has 1 fully saturated rings. The monoisotopic (exact) mass is 326 g/mol. The van der Waals surface area contributed by atoms with E-state index in [1.54, 1.807) is 7.11 Å². The first-order chi connectivity index (χ1) is 11.7. The van der Waals surface area contributed by atoms with E-state index in [-0.39, 0.29) is 0 Å². The number of hydrogen-bond donors (Lipinski definition) is 1. The first kappa shape index (κ1) is 17.2. The molecule has 130 valence electrons. The minimum Gasteiger partial charge on any atom is -0.497 e. The molecule has 3 heteroatoms. The van der Waals surface area contributed by atoms with Crippen molar-refractivity contribution in [2.24, 2.45) is 5.92 Å². The quantitative estimate of drug-likeness (QED) is 0.860. The van der Waals surface area contributed by atoms with Crippen molar-refractivity contribution < 1.29 is 4.74 Å². The second kappa shape index (κ2) is 8.00. The van der Waals surface area contributed by atoms with E-state index >= 15 is 0 Å². The number of piperazine rings is 1. The third-order valence-electron chi connectivity index (χ3n) is 5.07. The third kappa shape index (κ3) is 4.08. The number of rotatable bonds is 6. The Bertz CT molecular complexity index is 662. The van der Waals surface area contributed by atoms with E-state index in [0.29, 0.717) is 6.04 Å². The average molecular weight is 326 g/mol. The molecule has 0 spiro atoms. The summed E-state index contributed by atoms with van der Waals surface area (Å²) in [7, 11) is 1.72. The molecule has 0 aliphatic carbocycles. The van der Waals surface area contributed by atoms with Crippen LogP contribution in [0.15, 0.2) is 36.4 Å². The van der Waals surface area contributed by atoms with Gasteiger partial charge in [0, 0.05) is 32.2 Å². The molecule has 2 aromatic carbocycles. The van der Waals surface area contributed by atoms with Gasteiger partial charge in [0.25, 0.3) is 0 Å². The third-order valence-corrected chi connectivity index (χ3v) is 5.07. The van der Waals surface area contributed by atoms with E-state index in [2.05, 4.69) is 60.5 Å². The van der Waals surface area contributed by atoms with Gasteiger partial charge in [-0.15, -0.1) is 0 Å². The summed E-state index contributed by atoms with van der Waals surface area (Å²) in [6, 6.07) is 13.8. The smallest absolute Gasteiger partial charge is 0.119 e. The fourth-order valence-corrected chi connectivity index (χ4v) is 3.62. The van der Waals surface area contributed by atoms with Crippen molar-refractivity contribution in [1.29, 1.82) is 0 Å². The molecule has 0 saturated carbocycles. The maximum Gasteiger partial charge on any atom is 0.119 e. The van der Waals surface area contributed by atoms with Crippen molar-refractivity contribution in [3.63, 3.8) is 0 Å². The van der Waals surface area contributed by atoms with Crippen LogP contribution in [0.25, 0.3) is 10.8 Å². The summed E-state index contributed by atoms with van der Waals surface area (Å²) in [5, 5.41) is 6.03. The van der Waals surface area contributed by atoms with Crippen molar-refractivity contribution in [3.8, 4) is 5.75 Å². The van der Waals surface area contributed by atoms with E-state index in [0.717, 1.165) is 37.8 Å². The molecule has 0 unspecified atom stereocenters. The van der Waals surface area contributed by atoms with Crippen molar-refractivity contribution >= 4 is 10.8 Å². The van der Waals surface area contributed by atoms with Gasteiger partial charge in [0.1, 0.15) is 5.75 Å². The van der Waals surface area contributed by atoms with Gasteiger partial charge in [-0.25, -0.2) is 0 Å². The van der Waals surface area contributed by atoms with Crippen LogP contribution in [-0.4, -0.2) is 38.2 Å². The second-order valence-corrected chi connectivity index (χ2v) is 7.25. The van der Waals surface area contributed by atoms with E-state index in [4.69, 9.17) is 4.74 Å². The van der Waals surface area contributed by atoms with Gasteiger partial charge in [-0.1, -0.05) is 32.0 Å².